The fraction of sp³-hybridized carbons (Fsp3) is 0.429. The normalized spacial score (nSPS) is 22.8. The Morgan fingerprint density at radius 1 is 1.19 bits per heavy atom. The third-order valence-corrected chi connectivity index (χ3v) is 6.15. The van der Waals surface area contributed by atoms with Crippen molar-refractivity contribution in [1.82, 2.24) is 14.8 Å². The molecule has 31 heavy (non-hydrogen) atoms. The van der Waals surface area contributed by atoms with Gasteiger partial charge in [-0.25, -0.2) is 13.2 Å². The van der Waals surface area contributed by atoms with Crippen molar-refractivity contribution < 1.29 is 27.8 Å². The number of carbonyl (C=O) groups is 1. The SMILES string of the molecule is O=C(NCc1c(F)cc(F)cc1F)c1cn2c(c(O)c1=O)CN(C1CC1)[C@H]1OCC[C@H]12. The number of ether oxygens (including phenoxy) is 1. The molecule has 0 unspecified atom stereocenters. The van der Waals surface area contributed by atoms with E-state index in [1.807, 2.05) is 0 Å². The highest BCUT2D eigenvalue weighted by molar-refractivity contribution is 5.94. The zero-order valence-electron chi connectivity index (χ0n) is 16.4. The van der Waals surface area contributed by atoms with E-state index in [9.17, 15) is 27.9 Å². The van der Waals surface area contributed by atoms with Crippen LogP contribution in [-0.4, -0.2) is 39.4 Å². The average molecular weight is 435 g/mol. The lowest BCUT2D eigenvalue weighted by atomic mass is 10.1. The first-order valence-electron chi connectivity index (χ1n) is 10.1. The van der Waals surface area contributed by atoms with Gasteiger partial charge in [-0.1, -0.05) is 0 Å². The Kier molecular flexibility index (Phi) is 4.78. The maximum absolute atomic E-state index is 13.8. The number of rotatable bonds is 4. The van der Waals surface area contributed by atoms with Gasteiger partial charge in [0.05, 0.1) is 18.3 Å². The second-order valence-electron chi connectivity index (χ2n) is 8.13. The number of benzene rings is 1. The molecule has 0 bridgehead atoms. The minimum atomic E-state index is -1.14. The van der Waals surface area contributed by atoms with Crippen LogP contribution in [0.4, 0.5) is 13.2 Å². The molecule has 164 valence electrons. The first-order chi connectivity index (χ1) is 14.8. The van der Waals surface area contributed by atoms with Crippen LogP contribution in [-0.2, 0) is 17.8 Å². The van der Waals surface area contributed by atoms with Crippen molar-refractivity contribution >= 4 is 5.91 Å². The highest BCUT2D eigenvalue weighted by Gasteiger charge is 2.46. The first-order valence-corrected chi connectivity index (χ1v) is 10.1. The molecule has 5 rings (SSSR count). The van der Waals surface area contributed by atoms with Crippen LogP contribution in [0.5, 0.6) is 5.75 Å². The van der Waals surface area contributed by atoms with Gasteiger partial charge in [0.2, 0.25) is 5.43 Å². The Labute approximate surface area is 175 Å². The number of nitrogens with zero attached hydrogens (tertiary/aromatic N) is 2. The highest BCUT2D eigenvalue weighted by atomic mass is 19.1. The molecule has 3 aliphatic rings. The van der Waals surface area contributed by atoms with Crippen molar-refractivity contribution in [2.24, 2.45) is 0 Å². The van der Waals surface area contributed by atoms with Crippen molar-refractivity contribution in [1.29, 1.82) is 0 Å². The summed E-state index contributed by atoms with van der Waals surface area (Å²) in [7, 11) is 0. The number of hydrogen-bond donors (Lipinski definition) is 2. The summed E-state index contributed by atoms with van der Waals surface area (Å²) >= 11 is 0. The minimum absolute atomic E-state index is 0.158. The van der Waals surface area contributed by atoms with E-state index in [0.717, 1.165) is 12.8 Å². The number of aromatic hydroxyl groups is 1. The van der Waals surface area contributed by atoms with E-state index in [1.54, 1.807) is 4.57 Å². The summed E-state index contributed by atoms with van der Waals surface area (Å²) in [5.74, 6) is -4.76. The maximum Gasteiger partial charge on any atom is 0.257 e. The third kappa shape index (κ3) is 3.39. The number of hydrogen-bond acceptors (Lipinski definition) is 5. The van der Waals surface area contributed by atoms with Crippen molar-refractivity contribution in [2.45, 2.75) is 50.7 Å². The van der Waals surface area contributed by atoms with Crippen molar-refractivity contribution in [3.63, 3.8) is 0 Å². The maximum atomic E-state index is 13.8. The number of amides is 1. The Hall–Kier alpha value is -2.85. The predicted molar refractivity (Wildman–Crippen MR) is 102 cm³/mol. The lowest BCUT2D eigenvalue weighted by Crippen LogP contribution is -2.47. The molecule has 0 radical (unpaired) electrons. The van der Waals surface area contributed by atoms with Crippen LogP contribution in [0.25, 0.3) is 0 Å². The quantitative estimate of drug-likeness (QED) is 0.769. The third-order valence-electron chi connectivity index (χ3n) is 6.15. The largest absolute Gasteiger partial charge is 0.503 e. The molecule has 0 spiro atoms. The summed E-state index contributed by atoms with van der Waals surface area (Å²) in [5.41, 5.74) is -1.29. The lowest BCUT2D eigenvalue weighted by Gasteiger charge is -2.39. The van der Waals surface area contributed by atoms with Gasteiger partial charge >= 0.3 is 0 Å². The molecule has 1 amide bonds. The zero-order chi connectivity index (χ0) is 21.9. The number of aromatic nitrogens is 1. The molecule has 2 aliphatic heterocycles. The van der Waals surface area contributed by atoms with Crippen LogP contribution in [0.2, 0.25) is 0 Å². The fourth-order valence-electron chi connectivity index (χ4n) is 4.44. The summed E-state index contributed by atoms with van der Waals surface area (Å²) in [4.78, 5) is 27.5. The molecule has 1 aliphatic carbocycles. The molecule has 2 atom stereocenters. The highest BCUT2D eigenvalue weighted by Crippen LogP contribution is 2.42. The summed E-state index contributed by atoms with van der Waals surface area (Å²) < 4.78 is 48.3. The van der Waals surface area contributed by atoms with Gasteiger partial charge in [-0.2, -0.15) is 0 Å². The van der Waals surface area contributed by atoms with Crippen LogP contribution in [0.3, 0.4) is 0 Å². The van der Waals surface area contributed by atoms with Gasteiger partial charge in [0.25, 0.3) is 5.91 Å². The Morgan fingerprint density at radius 3 is 2.58 bits per heavy atom. The Bertz CT molecular complexity index is 1110. The predicted octanol–water partition coefficient (Wildman–Crippen LogP) is 2.17. The topological polar surface area (TPSA) is 83.8 Å². The second kappa shape index (κ2) is 7.38. The van der Waals surface area contributed by atoms with E-state index >= 15 is 0 Å². The second-order valence-corrected chi connectivity index (χ2v) is 8.13. The van der Waals surface area contributed by atoms with Crippen LogP contribution >= 0.6 is 0 Å². The van der Waals surface area contributed by atoms with E-state index in [-0.39, 0.29) is 17.8 Å². The van der Waals surface area contributed by atoms with Crippen LogP contribution in [0.15, 0.2) is 23.1 Å². The molecule has 1 saturated heterocycles. The average Bonchev–Trinajstić information content (AvgIpc) is 3.44. The number of nitrogens with one attached hydrogen (secondary N) is 1. The Balaban J connectivity index is 1.44. The van der Waals surface area contributed by atoms with Gasteiger partial charge < -0.3 is 19.7 Å². The van der Waals surface area contributed by atoms with Gasteiger partial charge in [-0.3, -0.25) is 14.5 Å². The molecular weight excluding hydrogens is 415 g/mol. The van der Waals surface area contributed by atoms with E-state index in [2.05, 4.69) is 10.2 Å². The molecule has 1 aromatic carbocycles. The Morgan fingerprint density at radius 2 is 1.90 bits per heavy atom. The van der Waals surface area contributed by atoms with Gasteiger partial charge in [0.1, 0.15) is 29.2 Å². The molecular formula is C21H20F3N3O4. The first kappa shape index (κ1) is 20.1. The standard InChI is InChI=1S/C21H20F3N3O4/c22-10-5-14(23)12(15(24)6-10)7-25-20(30)13-8-27-16-3-4-31-21(16)26(11-1-2-11)9-17(27)19(29)18(13)28/h5-6,8,11,16,21,29H,1-4,7,9H2,(H,25,30)/t16-,21+/m1/s1. The molecule has 1 saturated carbocycles. The summed E-state index contributed by atoms with van der Waals surface area (Å²) in [5, 5.41) is 12.9. The van der Waals surface area contributed by atoms with Crippen molar-refractivity contribution in [3.05, 3.63) is 62.8 Å². The smallest absolute Gasteiger partial charge is 0.257 e. The zero-order valence-corrected chi connectivity index (χ0v) is 16.4. The molecule has 2 aromatic rings. The van der Waals surface area contributed by atoms with E-state index in [1.165, 1.54) is 6.20 Å². The molecule has 2 fully saturated rings. The number of halogens is 3. The summed E-state index contributed by atoms with van der Waals surface area (Å²) in [6.07, 6.45) is 3.92. The van der Waals surface area contributed by atoms with Gasteiger partial charge in [-0.05, 0) is 19.3 Å². The van der Waals surface area contributed by atoms with Crippen molar-refractivity contribution in [2.75, 3.05) is 6.61 Å². The van der Waals surface area contributed by atoms with Crippen LogP contribution in [0.1, 0.15) is 46.9 Å². The number of fused-ring (bicyclic) bond motifs is 3. The van der Waals surface area contributed by atoms with Crippen molar-refractivity contribution in [3.8, 4) is 5.75 Å². The molecule has 10 heteroatoms. The van der Waals surface area contributed by atoms with Gasteiger partial charge in [0, 0.05) is 43.0 Å². The van der Waals surface area contributed by atoms with Crippen LogP contribution < -0.4 is 10.7 Å². The fourth-order valence-corrected chi connectivity index (χ4v) is 4.44. The monoisotopic (exact) mass is 435 g/mol. The van der Waals surface area contributed by atoms with Gasteiger partial charge in [0.15, 0.2) is 5.75 Å². The lowest BCUT2D eigenvalue weighted by molar-refractivity contribution is -0.0626. The molecule has 1 aromatic heterocycles. The molecule has 7 nitrogen and oxygen atoms in total. The molecule has 3 heterocycles. The van der Waals surface area contributed by atoms with Gasteiger partial charge in [-0.15, -0.1) is 0 Å². The summed E-state index contributed by atoms with van der Waals surface area (Å²) in [6.45, 7) is 0.277. The molecule has 2 N–H and O–H groups in total. The van der Waals surface area contributed by atoms with E-state index < -0.39 is 46.6 Å². The van der Waals surface area contributed by atoms with E-state index in [0.29, 0.717) is 43.4 Å². The number of pyridine rings is 1. The van der Waals surface area contributed by atoms with Crippen LogP contribution in [0, 0.1) is 17.5 Å². The number of carbonyl (C=O) groups excluding carboxylic acids is 1. The minimum Gasteiger partial charge on any atom is -0.503 e. The van der Waals surface area contributed by atoms with E-state index in [4.69, 9.17) is 4.74 Å². The summed E-state index contributed by atoms with van der Waals surface area (Å²) in [6, 6.07) is 1.22.